The summed E-state index contributed by atoms with van der Waals surface area (Å²) in [5.74, 6) is 0.578. The van der Waals surface area contributed by atoms with Crippen molar-refractivity contribution >= 4 is 5.91 Å². The molecule has 5 nitrogen and oxygen atoms in total. The Morgan fingerprint density at radius 3 is 2.53 bits per heavy atom. The van der Waals surface area contributed by atoms with Gasteiger partial charge in [-0.1, -0.05) is 17.3 Å². The van der Waals surface area contributed by atoms with E-state index in [2.05, 4.69) is 5.16 Å². The number of aryl methyl sites for hydroxylation is 1. The zero-order chi connectivity index (χ0) is 14.0. The van der Waals surface area contributed by atoms with Crippen LogP contribution in [-0.2, 0) is 0 Å². The average Bonchev–Trinajstić information content (AvgIpc) is 2.83. The Balaban J connectivity index is 2.19. The number of hydrogen-bond donors (Lipinski definition) is 1. The molecule has 0 saturated carbocycles. The first-order chi connectivity index (χ1) is 9.00. The summed E-state index contributed by atoms with van der Waals surface area (Å²) in [4.78, 5) is 13.9. The number of carbonyl (C=O) groups is 1. The Labute approximate surface area is 111 Å². The molecule has 0 bridgehead atoms. The molecule has 0 radical (unpaired) electrons. The van der Waals surface area contributed by atoms with Crippen LogP contribution in [0, 0.1) is 6.92 Å². The van der Waals surface area contributed by atoms with E-state index in [0.29, 0.717) is 11.3 Å². The lowest BCUT2D eigenvalue weighted by atomic mass is 10.1. The Bertz CT molecular complexity index is 575. The Hall–Kier alpha value is -2.30. The van der Waals surface area contributed by atoms with Crippen LogP contribution < -0.4 is 0 Å². The number of phenols is 1. The van der Waals surface area contributed by atoms with Crippen molar-refractivity contribution in [1.29, 1.82) is 0 Å². The third kappa shape index (κ3) is 2.59. The van der Waals surface area contributed by atoms with Gasteiger partial charge in [-0.3, -0.25) is 4.79 Å². The maximum atomic E-state index is 12.3. The quantitative estimate of drug-likeness (QED) is 0.920. The van der Waals surface area contributed by atoms with Crippen molar-refractivity contribution in [2.24, 2.45) is 0 Å². The summed E-state index contributed by atoms with van der Waals surface area (Å²) in [6, 6.07) is 6.69. The van der Waals surface area contributed by atoms with Crippen molar-refractivity contribution in [3.63, 3.8) is 0 Å². The predicted molar refractivity (Wildman–Crippen MR) is 69.9 cm³/mol. The van der Waals surface area contributed by atoms with Gasteiger partial charge in [-0.25, -0.2) is 0 Å². The molecule has 1 aromatic carbocycles. The van der Waals surface area contributed by atoms with Gasteiger partial charge < -0.3 is 14.5 Å². The second-order valence-electron chi connectivity index (χ2n) is 4.48. The molecule has 1 unspecified atom stereocenters. The van der Waals surface area contributed by atoms with Crippen molar-refractivity contribution in [2.75, 3.05) is 7.05 Å². The summed E-state index contributed by atoms with van der Waals surface area (Å²) in [5, 5.41) is 12.9. The van der Waals surface area contributed by atoms with Gasteiger partial charge in [-0.15, -0.1) is 0 Å². The minimum Gasteiger partial charge on any atom is -0.508 e. The fourth-order valence-electron chi connectivity index (χ4n) is 1.85. The summed E-state index contributed by atoms with van der Waals surface area (Å²) >= 11 is 0. The molecule has 100 valence electrons. The second kappa shape index (κ2) is 5.14. The molecule has 0 aliphatic carbocycles. The second-order valence-corrected chi connectivity index (χ2v) is 4.48. The molecule has 1 amide bonds. The first kappa shape index (κ1) is 13.1. The van der Waals surface area contributed by atoms with E-state index >= 15 is 0 Å². The molecule has 1 aromatic heterocycles. The van der Waals surface area contributed by atoms with Crippen molar-refractivity contribution < 1.29 is 14.4 Å². The number of aromatic nitrogens is 1. The lowest BCUT2D eigenvalue weighted by Crippen LogP contribution is -2.29. The molecule has 0 fully saturated rings. The van der Waals surface area contributed by atoms with Crippen LogP contribution in [-0.4, -0.2) is 28.1 Å². The van der Waals surface area contributed by atoms with Gasteiger partial charge in [0.1, 0.15) is 17.1 Å². The minimum atomic E-state index is -0.140. The fraction of sp³-hybridized carbons (Fsp3) is 0.286. The summed E-state index contributed by atoms with van der Waals surface area (Å²) in [6.07, 6.45) is 1.43. The van der Waals surface area contributed by atoms with Gasteiger partial charge in [0, 0.05) is 7.05 Å². The van der Waals surface area contributed by atoms with Crippen molar-refractivity contribution in [3.8, 4) is 5.75 Å². The normalized spacial score (nSPS) is 12.2. The third-order valence-corrected chi connectivity index (χ3v) is 3.26. The van der Waals surface area contributed by atoms with Gasteiger partial charge >= 0.3 is 0 Å². The number of rotatable bonds is 3. The summed E-state index contributed by atoms with van der Waals surface area (Å²) in [7, 11) is 1.73. The van der Waals surface area contributed by atoms with Crippen LogP contribution in [0.3, 0.4) is 0 Å². The van der Waals surface area contributed by atoms with E-state index in [1.54, 1.807) is 43.1 Å². The van der Waals surface area contributed by atoms with Gasteiger partial charge in [0.25, 0.3) is 5.91 Å². The topological polar surface area (TPSA) is 66.6 Å². The molecule has 1 N–H and O–H groups in total. The number of phenolic OH excluding ortho intramolecular Hbond substituents is 1. The van der Waals surface area contributed by atoms with E-state index in [9.17, 15) is 9.90 Å². The van der Waals surface area contributed by atoms with Crippen LogP contribution in [0.4, 0.5) is 0 Å². The predicted octanol–water partition coefficient (Wildman–Crippen LogP) is 2.52. The molecule has 2 rings (SSSR count). The van der Waals surface area contributed by atoms with Crippen LogP contribution in [0.1, 0.15) is 34.6 Å². The van der Waals surface area contributed by atoms with Gasteiger partial charge in [-0.2, -0.15) is 0 Å². The van der Waals surface area contributed by atoms with Crippen molar-refractivity contribution in [3.05, 3.63) is 47.3 Å². The number of amides is 1. The maximum Gasteiger partial charge on any atom is 0.259 e. The molecule has 1 atom stereocenters. The van der Waals surface area contributed by atoms with E-state index in [1.807, 2.05) is 6.92 Å². The third-order valence-electron chi connectivity index (χ3n) is 3.26. The molecule has 0 saturated heterocycles. The lowest BCUT2D eigenvalue weighted by Gasteiger charge is -2.25. The monoisotopic (exact) mass is 260 g/mol. The highest BCUT2D eigenvalue weighted by Gasteiger charge is 2.22. The van der Waals surface area contributed by atoms with Crippen LogP contribution in [0.2, 0.25) is 0 Å². The zero-order valence-corrected chi connectivity index (χ0v) is 11.1. The zero-order valence-electron chi connectivity index (χ0n) is 11.1. The van der Waals surface area contributed by atoms with Gasteiger partial charge in [-0.05, 0) is 31.5 Å². The highest BCUT2D eigenvalue weighted by molar-refractivity contribution is 5.94. The molecular formula is C14H16N2O3. The minimum absolute atomic E-state index is 0.109. The van der Waals surface area contributed by atoms with E-state index in [-0.39, 0.29) is 17.7 Å². The SMILES string of the molecule is Cc1oncc1C(=O)N(C)C(C)c1ccc(O)cc1. The number of benzene rings is 1. The summed E-state index contributed by atoms with van der Waals surface area (Å²) in [6.45, 7) is 3.63. The number of nitrogens with zero attached hydrogens (tertiary/aromatic N) is 2. The molecule has 0 aliphatic rings. The van der Waals surface area contributed by atoms with Gasteiger partial charge in [0.2, 0.25) is 0 Å². The molecule has 19 heavy (non-hydrogen) atoms. The van der Waals surface area contributed by atoms with E-state index < -0.39 is 0 Å². The van der Waals surface area contributed by atoms with Crippen LogP contribution >= 0.6 is 0 Å². The van der Waals surface area contributed by atoms with E-state index in [0.717, 1.165) is 5.56 Å². The van der Waals surface area contributed by atoms with E-state index in [1.165, 1.54) is 6.20 Å². The van der Waals surface area contributed by atoms with Crippen LogP contribution in [0.25, 0.3) is 0 Å². The lowest BCUT2D eigenvalue weighted by molar-refractivity contribution is 0.0741. The molecule has 5 heteroatoms. The van der Waals surface area contributed by atoms with Crippen LogP contribution in [0.5, 0.6) is 5.75 Å². The van der Waals surface area contributed by atoms with E-state index in [4.69, 9.17) is 4.52 Å². The average molecular weight is 260 g/mol. The molecule has 1 heterocycles. The first-order valence-electron chi connectivity index (χ1n) is 5.98. The molecule has 0 spiro atoms. The van der Waals surface area contributed by atoms with Crippen LogP contribution in [0.15, 0.2) is 35.0 Å². The standard InChI is InChI=1S/C14H16N2O3/c1-9(11-4-6-12(17)7-5-11)16(3)14(18)13-8-15-19-10(13)2/h4-9,17H,1-3H3. The fourth-order valence-corrected chi connectivity index (χ4v) is 1.85. The molecular weight excluding hydrogens is 244 g/mol. The Morgan fingerprint density at radius 1 is 1.37 bits per heavy atom. The maximum absolute atomic E-state index is 12.3. The molecule has 0 aliphatic heterocycles. The number of hydrogen-bond acceptors (Lipinski definition) is 4. The van der Waals surface area contributed by atoms with Crippen molar-refractivity contribution in [2.45, 2.75) is 19.9 Å². The smallest absolute Gasteiger partial charge is 0.259 e. The highest BCUT2D eigenvalue weighted by Crippen LogP contribution is 2.23. The summed E-state index contributed by atoms with van der Waals surface area (Å²) < 4.78 is 4.91. The Morgan fingerprint density at radius 2 is 2.00 bits per heavy atom. The number of aromatic hydroxyl groups is 1. The van der Waals surface area contributed by atoms with Crippen molar-refractivity contribution in [1.82, 2.24) is 10.1 Å². The molecule has 2 aromatic rings. The Kier molecular flexibility index (Phi) is 3.55. The first-order valence-corrected chi connectivity index (χ1v) is 5.98. The largest absolute Gasteiger partial charge is 0.508 e. The highest BCUT2D eigenvalue weighted by atomic mass is 16.5. The van der Waals surface area contributed by atoms with Gasteiger partial charge in [0.05, 0.1) is 12.2 Å². The summed E-state index contributed by atoms with van der Waals surface area (Å²) in [5.41, 5.74) is 1.41. The number of carbonyl (C=O) groups excluding carboxylic acids is 1. The van der Waals surface area contributed by atoms with Gasteiger partial charge in [0.15, 0.2) is 0 Å².